The predicted molar refractivity (Wildman–Crippen MR) is 166 cm³/mol. The van der Waals surface area contributed by atoms with Gasteiger partial charge in [-0.05, 0) is 37.5 Å². The number of rotatable bonds is 7. The first-order valence-electron chi connectivity index (χ1n) is 13.0. The van der Waals surface area contributed by atoms with Crippen LogP contribution in [0.4, 0.5) is 17.3 Å². The molecule has 2 atom stereocenters. The first-order valence-corrected chi connectivity index (χ1v) is 14.4. The van der Waals surface area contributed by atoms with Gasteiger partial charge in [-0.25, -0.2) is 8.42 Å². The van der Waals surface area contributed by atoms with Crippen LogP contribution in [0.5, 0.6) is 0 Å². The van der Waals surface area contributed by atoms with Gasteiger partial charge in [0.15, 0.2) is 0 Å². The van der Waals surface area contributed by atoms with Crippen LogP contribution in [0.2, 0.25) is 0 Å². The van der Waals surface area contributed by atoms with E-state index in [1.807, 2.05) is 67.6 Å². The van der Waals surface area contributed by atoms with Crippen LogP contribution in [-0.4, -0.2) is 15.7 Å². The van der Waals surface area contributed by atoms with Gasteiger partial charge in [0.25, 0.3) is 0 Å². The summed E-state index contributed by atoms with van der Waals surface area (Å²) in [5.41, 5.74) is 13.8. The van der Waals surface area contributed by atoms with Crippen LogP contribution in [0.1, 0.15) is 59.7 Å². The van der Waals surface area contributed by atoms with E-state index >= 15 is 0 Å². The van der Waals surface area contributed by atoms with Gasteiger partial charge in [-0.1, -0.05) is 133 Å². The van der Waals surface area contributed by atoms with Crippen molar-refractivity contribution in [1.82, 2.24) is 0 Å². The fourth-order valence-corrected chi connectivity index (χ4v) is 4.82. The molecule has 4 aromatic carbocycles. The second-order valence-corrected chi connectivity index (χ2v) is 11.3. The van der Waals surface area contributed by atoms with E-state index in [0.717, 1.165) is 11.1 Å². The maximum absolute atomic E-state index is 12.8. The van der Waals surface area contributed by atoms with E-state index in [4.69, 9.17) is 5.73 Å². The predicted octanol–water partition coefficient (Wildman–Crippen LogP) is 10.5. The van der Waals surface area contributed by atoms with Crippen molar-refractivity contribution in [3.05, 3.63) is 155 Å². The third-order valence-corrected chi connectivity index (χ3v) is 7.30. The number of aryl methyl sites for hydroxylation is 2. The standard InChI is InChI=1S/C21H20N2O2S.C10H14.CH3.BF4.Ru/c1-16-12-14-19(15-13-16)26(24,25)23-21(18-10-6-3-7-11-18)20(22)17-8-4-2-5-9-17;1-8(2)10-6-4-9(3)5-7-10;;2-1(3,4)5;/h2-15,20-22H,1H3;4-8H,1-3H3;1H3;;/q-2;;2*-1;+4. The van der Waals surface area contributed by atoms with Crippen LogP contribution in [0, 0.1) is 21.3 Å². The largest absolute Gasteiger partial charge is 4.00 e. The summed E-state index contributed by atoms with van der Waals surface area (Å²) >= 11 is 0. The number of nitrogens with one attached hydrogen (secondary N) is 1. The van der Waals surface area contributed by atoms with Crippen LogP contribution in [0.15, 0.2) is 114 Å². The van der Waals surface area contributed by atoms with Crippen LogP contribution < -0.4 is 0 Å². The van der Waals surface area contributed by atoms with Crippen LogP contribution >= 0.6 is 0 Å². The van der Waals surface area contributed by atoms with Gasteiger partial charge in [0.1, 0.15) is 10.0 Å². The third kappa shape index (κ3) is 14.9. The molecular formula is C32H37BF4N2O2RuS. The molecule has 0 fully saturated rings. The van der Waals surface area contributed by atoms with Crippen molar-refractivity contribution in [2.75, 3.05) is 0 Å². The molecule has 0 aromatic heterocycles. The number of hydrogen-bond acceptors (Lipinski definition) is 2. The van der Waals surface area contributed by atoms with Crippen molar-refractivity contribution >= 4 is 17.3 Å². The second kappa shape index (κ2) is 18.7. The van der Waals surface area contributed by atoms with Crippen molar-refractivity contribution in [1.29, 1.82) is 0 Å². The van der Waals surface area contributed by atoms with Crippen molar-refractivity contribution in [2.24, 2.45) is 0 Å². The van der Waals surface area contributed by atoms with Crippen molar-refractivity contribution in [2.45, 2.75) is 50.6 Å². The Bertz CT molecular complexity index is 1420. The van der Waals surface area contributed by atoms with E-state index in [-0.39, 0.29) is 31.8 Å². The fourth-order valence-electron chi connectivity index (χ4n) is 3.68. The molecule has 0 aliphatic heterocycles. The topological polar surface area (TPSA) is 72.0 Å². The smallest absolute Gasteiger partial charge is 0.672 e. The summed E-state index contributed by atoms with van der Waals surface area (Å²) in [6.07, 6.45) is 0. The molecule has 0 saturated carbocycles. The van der Waals surface area contributed by atoms with E-state index in [9.17, 15) is 25.7 Å². The molecule has 4 aromatic rings. The number of halogens is 4. The molecule has 43 heavy (non-hydrogen) atoms. The van der Waals surface area contributed by atoms with Gasteiger partial charge in [0.2, 0.25) is 0 Å². The Hall–Kier alpha value is -2.84. The van der Waals surface area contributed by atoms with Gasteiger partial charge in [-0.2, -0.15) is 0 Å². The minimum Gasteiger partial charge on any atom is -0.672 e. The molecule has 0 spiro atoms. The normalized spacial score (nSPS) is 12.2. The Balaban J connectivity index is 0.000000863. The molecule has 0 heterocycles. The molecule has 0 saturated heterocycles. The van der Waals surface area contributed by atoms with Crippen LogP contribution in [-0.2, 0) is 29.5 Å². The molecule has 2 unspecified atom stereocenters. The minimum absolute atomic E-state index is 0. The first kappa shape index (κ1) is 40.2. The first-order chi connectivity index (χ1) is 19.2. The number of sulfonamides is 1. The quantitative estimate of drug-likeness (QED) is 0.109. The molecule has 0 aliphatic carbocycles. The fraction of sp³-hybridized carbons (Fsp3) is 0.219. The van der Waals surface area contributed by atoms with E-state index in [0.29, 0.717) is 11.5 Å². The maximum atomic E-state index is 12.8. The Morgan fingerprint density at radius 1 is 0.651 bits per heavy atom. The van der Waals surface area contributed by atoms with Crippen molar-refractivity contribution in [3.63, 3.8) is 0 Å². The van der Waals surface area contributed by atoms with Gasteiger partial charge in [0.05, 0.1) is 0 Å². The van der Waals surface area contributed by atoms with Gasteiger partial charge < -0.3 is 35.1 Å². The Morgan fingerprint density at radius 3 is 1.42 bits per heavy atom. The summed E-state index contributed by atoms with van der Waals surface area (Å²) in [4.78, 5) is 0.143. The molecular weight excluding hydrogens is 664 g/mol. The Morgan fingerprint density at radius 2 is 1.02 bits per heavy atom. The summed E-state index contributed by atoms with van der Waals surface area (Å²) in [7, 11) is -9.87. The van der Waals surface area contributed by atoms with Gasteiger partial charge >= 0.3 is 26.7 Å². The molecule has 0 radical (unpaired) electrons. The SMILES string of the molecule is Cc1ccc(C(C)C)cc1.Cc1ccc(S(=O)(=O)[N-]C(c2ccccc2)C([NH-])c2ccccc2)cc1.F[B-](F)(F)F.[CH3-].[Ru+4]. The molecule has 0 bridgehead atoms. The minimum atomic E-state index is -6.00. The van der Waals surface area contributed by atoms with Crippen LogP contribution in [0.3, 0.4) is 0 Å². The summed E-state index contributed by atoms with van der Waals surface area (Å²) < 4.78 is 68.8. The van der Waals surface area contributed by atoms with E-state index in [1.165, 1.54) is 11.1 Å². The van der Waals surface area contributed by atoms with Crippen molar-refractivity contribution in [3.8, 4) is 0 Å². The molecule has 232 valence electrons. The molecule has 4 rings (SSSR count). The van der Waals surface area contributed by atoms with Crippen molar-refractivity contribution < 1.29 is 45.2 Å². The average Bonchev–Trinajstić information content (AvgIpc) is 2.92. The summed E-state index contributed by atoms with van der Waals surface area (Å²) in [6, 6.07) is 32.0. The average molecular weight is 702 g/mol. The molecule has 0 amide bonds. The van der Waals surface area contributed by atoms with Gasteiger partial charge in [-0.3, -0.25) is 0 Å². The summed E-state index contributed by atoms with van der Waals surface area (Å²) in [5.74, 6) is 0.653. The Kier molecular flexibility index (Phi) is 17.5. The van der Waals surface area contributed by atoms with E-state index in [1.54, 1.807) is 24.3 Å². The zero-order chi connectivity index (χ0) is 30.6. The van der Waals surface area contributed by atoms with Gasteiger partial charge in [0, 0.05) is 4.90 Å². The number of hydrogen-bond donors (Lipinski definition) is 0. The van der Waals surface area contributed by atoms with E-state index in [2.05, 4.69) is 49.8 Å². The summed E-state index contributed by atoms with van der Waals surface area (Å²) in [5, 5.41) is 0. The molecule has 11 heteroatoms. The zero-order valence-electron chi connectivity index (χ0n) is 24.7. The third-order valence-electron chi connectivity index (χ3n) is 5.93. The van der Waals surface area contributed by atoms with Crippen LogP contribution in [0.25, 0.3) is 10.5 Å². The molecule has 1 N–H and O–H groups in total. The summed E-state index contributed by atoms with van der Waals surface area (Å²) in [6.45, 7) is 8.44. The van der Waals surface area contributed by atoms with E-state index < -0.39 is 29.4 Å². The second-order valence-electron chi connectivity index (χ2n) is 9.70. The molecule has 0 aliphatic rings. The molecule has 4 nitrogen and oxygen atoms in total. The maximum Gasteiger partial charge on any atom is 4.00 e. The number of nitrogens with zero attached hydrogens (tertiary/aromatic N) is 1. The van der Waals surface area contributed by atoms with Gasteiger partial charge in [-0.15, -0.1) is 12.1 Å². The monoisotopic (exact) mass is 702 g/mol. The number of benzene rings is 4. The Labute approximate surface area is 267 Å². The zero-order valence-corrected chi connectivity index (χ0v) is 27.3.